The third-order valence-corrected chi connectivity index (χ3v) is 3.45. The third-order valence-electron chi connectivity index (χ3n) is 3.45. The third kappa shape index (κ3) is 9.30. The van der Waals surface area contributed by atoms with Crippen molar-refractivity contribution < 1.29 is 4.74 Å². The Kier molecular flexibility index (Phi) is 10.7. The molecule has 0 fully saturated rings. The van der Waals surface area contributed by atoms with Crippen LogP contribution >= 0.6 is 0 Å². The summed E-state index contributed by atoms with van der Waals surface area (Å²) in [5.74, 6) is 0.679. The maximum absolute atomic E-state index is 9.22. The zero-order chi connectivity index (χ0) is 15.4. The summed E-state index contributed by atoms with van der Waals surface area (Å²) in [5.41, 5.74) is -0.371. The van der Waals surface area contributed by atoms with Crippen LogP contribution in [0.1, 0.15) is 47.0 Å². The molecule has 20 heavy (non-hydrogen) atoms. The molecular formula is C16H33N3O. The Bertz CT molecular complexity index is 275. The number of nitrogens with one attached hydrogen (secondary N) is 1. The van der Waals surface area contributed by atoms with Gasteiger partial charge in [0, 0.05) is 20.2 Å². The smallest absolute Gasteiger partial charge is 0.103 e. The molecule has 0 aliphatic rings. The second kappa shape index (κ2) is 11.1. The first-order chi connectivity index (χ1) is 9.47. The molecule has 0 heterocycles. The summed E-state index contributed by atoms with van der Waals surface area (Å²) in [6.07, 6.45) is 3.13. The van der Waals surface area contributed by atoms with Gasteiger partial charge in [0.1, 0.15) is 5.54 Å². The van der Waals surface area contributed by atoms with Crippen LogP contribution in [0.15, 0.2) is 0 Å². The predicted molar refractivity (Wildman–Crippen MR) is 84.7 cm³/mol. The van der Waals surface area contributed by atoms with E-state index in [4.69, 9.17) is 4.74 Å². The molecule has 0 saturated carbocycles. The lowest BCUT2D eigenvalue weighted by atomic mass is 9.96. The lowest BCUT2D eigenvalue weighted by Crippen LogP contribution is -2.40. The van der Waals surface area contributed by atoms with E-state index in [1.54, 1.807) is 7.11 Å². The van der Waals surface area contributed by atoms with Crippen LogP contribution in [0.5, 0.6) is 0 Å². The summed E-state index contributed by atoms with van der Waals surface area (Å²) < 4.78 is 5.17. The molecule has 0 aromatic carbocycles. The van der Waals surface area contributed by atoms with Crippen molar-refractivity contribution in [3.05, 3.63) is 0 Å². The summed E-state index contributed by atoms with van der Waals surface area (Å²) >= 11 is 0. The average molecular weight is 283 g/mol. The van der Waals surface area contributed by atoms with Gasteiger partial charge in [-0.25, -0.2) is 0 Å². The highest BCUT2D eigenvalue weighted by atomic mass is 16.5. The van der Waals surface area contributed by atoms with Gasteiger partial charge in [0.25, 0.3) is 0 Å². The van der Waals surface area contributed by atoms with Crippen molar-refractivity contribution in [1.82, 2.24) is 10.2 Å². The minimum absolute atomic E-state index is 0.371. The van der Waals surface area contributed by atoms with Crippen molar-refractivity contribution in [2.45, 2.75) is 52.5 Å². The van der Waals surface area contributed by atoms with E-state index < -0.39 is 0 Å². The number of nitrogens with zero attached hydrogens (tertiary/aromatic N) is 2. The molecule has 0 aromatic rings. The van der Waals surface area contributed by atoms with Crippen molar-refractivity contribution >= 4 is 0 Å². The topological polar surface area (TPSA) is 48.3 Å². The standard InChI is InChI=1S/C16H33N3O/c1-6-18-16(4,14-17)9-7-8-10-19(11-12-20-5)13-15(2)3/h15,18H,6-13H2,1-5H3. The molecule has 0 bridgehead atoms. The lowest BCUT2D eigenvalue weighted by molar-refractivity contribution is 0.138. The van der Waals surface area contributed by atoms with E-state index in [0.29, 0.717) is 5.92 Å². The Morgan fingerprint density at radius 2 is 2.00 bits per heavy atom. The van der Waals surface area contributed by atoms with Crippen molar-refractivity contribution in [3.63, 3.8) is 0 Å². The minimum atomic E-state index is -0.371. The van der Waals surface area contributed by atoms with Crippen LogP contribution in [0, 0.1) is 17.2 Å². The summed E-state index contributed by atoms with van der Waals surface area (Å²) in [4.78, 5) is 2.46. The van der Waals surface area contributed by atoms with Crippen LogP contribution in [0.2, 0.25) is 0 Å². The normalized spacial score (nSPS) is 14.5. The van der Waals surface area contributed by atoms with Gasteiger partial charge in [0.05, 0.1) is 12.7 Å². The van der Waals surface area contributed by atoms with Crippen LogP contribution in [0.25, 0.3) is 0 Å². The molecule has 1 atom stereocenters. The molecule has 0 aliphatic carbocycles. The first kappa shape index (κ1) is 19.4. The number of hydrogen-bond acceptors (Lipinski definition) is 4. The highest BCUT2D eigenvalue weighted by molar-refractivity contribution is 5.03. The summed E-state index contributed by atoms with van der Waals surface area (Å²) in [5, 5.41) is 12.5. The Balaban J connectivity index is 4.01. The summed E-state index contributed by atoms with van der Waals surface area (Å²) in [6, 6.07) is 2.39. The van der Waals surface area contributed by atoms with Gasteiger partial charge in [0.2, 0.25) is 0 Å². The predicted octanol–water partition coefficient (Wildman–Crippen LogP) is 2.65. The molecule has 118 valence electrons. The monoisotopic (exact) mass is 283 g/mol. The Hall–Kier alpha value is -0.630. The first-order valence-electron chi connectivity index (χ1n) is 7.85. The minimum Gasteiger partial charge on any atom is -0.383 e. The fourth-order valence-electron chi connectivity index (χ4n) is 2.42. The van der Waals surface area contributed by atoms with Crippen LogP contribution < -0.4 is 5.32 Å². The SMILES string of the molecule is CCNC(C)(C#N)CCCCN(CCOC)CC(C)C. The van der Waals surface area contributed by atoms with Gasteiger partial charge in [-0.1, -0.05) is 20.8 Å². The molecule has 0 saturated heterocycles. The van der Waals surface area contributed by atoms with Crippen molar-refractivity contribution in [2.75, 3.05) is 39.9 Å². The highest BCUT2D eigenvalue weighted by Crippen LogP contribution is 2.13. The molecule has 0 radical (unpaired) electrons. The zero-order valence-electron chi connectivity index (χ0n) is 14.0. The molecule has 4 nitrogen and oxygen atoms in total. The maximum Gasteiger partial charge on any atom is 0.103 e. The number of hydrogen-bond donors (Lipinski definition) is 1. The van der Waals surface area contributed by atoms with E-state index in [0.717, 1.165) is 52.0 Å². The molecule has 0 rings (SSSR count). The number of nitriles is 1. The van der Waals surface area contributed by atoms with E-state index in [1.165, 1.54) is 0 Å². The van der Waals surface area contributed by atoms with Crippen LogP contribution in [-0.2, 0) is 4.74 Å². The van der Waals surface area contributed by atoms with Gasteiger partial charge in [-0.3, -0.25) is 5.32 Å². The Morgan fingerprint density at radius 1 is 1.30 bits per heavy atom. The second-order valence-electron chi connectivity index (χ2n) is 6.12. The number of ether oxygens (including phenoxy) is 1. The van der Waals surface area contributed by atoms with Gasteiger partial charge in [-0.05, 0) is 45.2 Å². The molecular weight excluding hydrogens is 250 g/mol. The van der Waals surface area contributed by atoms with Gasteiger partial charge in [-0.15, -0.1) is 0 Å². The number of unbranched alkanes of at least 4 members (excludes halogenated alkanes) is 1. The van der Waals surface area contributed by atoms with Gasteiger partial charge >= 0.3 is 0 Å². The molecule has 0 amide bonds. The Labute approximate surface area is 125 Å². The molecule has 4 heteroatoms. The van der Waals surface area contributed by atoms with Crippen molar-refractivity contribution in [2.24, 2.45) is 5.92 Å². The molecule has 0 spiro atoms. The van der Waals surface area contributed by atoms with Crippen molar-refractivity contribution in [1.29, 1.82) is 5.26 Å². The summed E-state index contributed by atoms with van der Waals surface area (Å²) in [6.45, 7) is 13.4. The van der Waals surface area contributed by atoms with Crippen LogP contribution in [0.4, 0.5) is 0 Å². The van der Waals surface area contributed by atoms with Gasteiger partial charge in [0.15, 0.2) is 0 Å². The Morgan fingerprint density at radius 3 is 2.50 bits per heavy atom. The van der Waals surface area contributed by atoms with Gasteiger partial charge in [-0.2, -0.15) is 5.26 Å². The lowest BCUT2D eigenvalue weighted by Gasteiger charge is -2.25. The van der Waals surface area contributed by atoms with E-state index in [9.17, 15) is 5.26 Å². The largest absolute Gasteiger partial charge is 0.383 e. The quantitative estimate of drug-likeness (QED) is 0.559. The summed E-state index contributed by atoms with van der Waals surface area (Å²) in [7, 11) is 1.75. The van der Waals surface area contributed by atoms with Crippen LogP contribution in [0.3, 0.4) is 0 Å². The van der Waals surface area contributed by atoms with E-state index in [1.807, 2.05) is 13.8 Å². The van der Waals surface area contributed by atoms with E-state index in [-0.39, 0.29) is 5.54 Å². The second-order valence-corrected chi connectivity index (χ2v) is 6.12. The van der Waals surface area contributed by atoms with Crippen LogP contribution in [-0.4, -0.2) is 50.3 Å². The fourth-order valence-corrected chi connectivity index (χ4v) is 2.42. The van der Waals surface area contributed by atoms with Crippen molar-refractivity contribution in [3.8, 4) is 6.07 Å². The van der Waals surface area contributed by atoms with Gasteiger partial charge < -0.3 is 9.64 Å². The molecule has 1 unspecified atom stereocenters. The molecule has 0 aliphatic heterocycles. The first-order valence-corrected chi connectivity index (χ1v) is 7.85. The number of rotatable bonds is 12. The maximum atomic E-state index is 9.22. The van der Waals surface area contributed by atoms with E-state index in [2.05, 4.69) is 30.1 Å². The zero-order valence-corrected chi connectivity index (χ0v) is 14.0. The fraction of sp³-hybridized carbons (Fsp3) is 0.938. The van der Waals surface area contributed by atoms with E-state index >= 15 is 0 Å². The molecule has 0 aromatic heterocycles. The molecule has 1 N–H and O–H groups in total. The average Bonchev–Trinajstić information content (AvgIpc) is 2.40. The number of methoxy groups -OCH3 is 1. The highest BCUT2D eigenvalue weighted by Gasteiger charge is 2.21.